The van der Waals surface area contributed by atoms with Crippen molar-refractivity contribution in [2.45, 2.75) is 26.3 Å². The zero-order valence-electron chi connectivity index (χ0n) is 10.4. The highest BCUT2D eigenvalue weighted by atomic mass is 16.2. The van der Waals surface area contributed by atoms with E-state index < -0.39 is 0 Å². The van der Waals surface area contributed by atoms with E-state index in [0.717, 1.165) is 45.6 Å². The molecule has 2 heterocycles. The quantitative estimate of drug-likeness (QED) is 0.728. The van der Waals surface area contributed by atoms with Gasteiger partial charge in [-0.15, -0.1) is 0 Å². The lowest BCUT2D eigenvalue weighted by Gasteiger charge is -2.15. The molecule has 17 heavy (non-hydrogen) atoms. The molecule has 0 saturated carbocycles. The normalized spacial score (nSPS) is 15.8. The molecule has 1 amide bonds. The molecule has 1 aliphatic heterocycles. The van der Waals surface area contributed by atoms with Crippen LogP contribution in [0.15, 0.2) is 12.4 Å². The van der Waals surface area contributed by atoms with Crippen LogP contribution in [0, 0.1) is 6.92 Å². The highest BCUT2D eigenvalue weighted by Gasteiger charge is 2.18. The first-order chi connectivity index (χ1) is 8.25. The smallest absolute Gasteiger partial charge is 0.222 e. The summed E-state index contributed by atoms with van der Waals surface area (Å²) in [5.41, 5.74) is 1.19. The molecular formula is C12H20N4O. The van der Waals surface area contributed by atoms with Crippen LogP contribution in [0.3, 0.4) is 0 Å². The Morgan fingerprint density at radius 1 is 1.41 bits per heavy atom. The molecule has 1 aromatic heterocycles. The fraction of sp³-hybridized carbons (Fsp3) is 0.667. The average Bonchev–Trinajstić information content (AvgIpc) is 2.88. The largest absolute Gasteiger partial charge is 0.341 e. The number of carbonyl (C=O) groups excluding carboxylic acids is 1. The Morgan fingerprint density at radius 2 is 2.24 bits per heavy atom. The molecule has 0 bridgehead atoms. The zero-order valence-corrected chi connectivity index (χ0v) is 10.4. The van der Waals surface area contributed by atoms with Crippen LogP contribution in [0.1, 0.15) is 18.4 Å². The van der Waals surface area contributed by atoms with E-state index in [4.69, 9.17) is 0 Å². The molecule has 1 N–H and O–H groups in total. The van der Waals surface area contributed by atoms with Crippen LogP contribution in [-0.2, 0) is 11.3 Å². The molecule has 0 aliphatic carbocycles. The van der Waals surface area contributed by atoms with Crippen molar-refractivity contribution in [2.24, 2.45) is 0 Å². The number of nitrogens with zero attached hydrogens (tertiary/aromatic N) is 3. The Morgan fingerprint density at radius 3 is 2.88 bits per heavy atom. The van der Waals surface area contributed by atoms with E-state index in [1.807, 2.05) is 28.9 Å². The van der Waals surface area contributed by atoms with Crippen LogP contribution < -0.4 is 5.32 Å². The van der Waals surface area contributed by atoms with Gasteiger partial charge in [0.15, 0.2) is 0 Å². The molecule has 94 valence electrons. The number of carbonyl (C=O) groups is 1. The van der Waals surface area contributed by atoms with Gasteiger partial charge in [0.2, 0.25) is 5.91 Å². The number of hydrogen-bond donors (Lipinski definition) is 1. The molecule has 1 aromatic rings. The van der Waals surface area contributed by atoms with E-state index in [-0.39, 0.29) is 0 Å². The lowest BCUT2D eigenvalue weighted by molar-refractivity contribution is -0.127. The van der Waals surface area contributed by atoms with Crippen LogP contribution >= 0.6 is 0 Å². The van der Waals surface area contributed by atoms with E-state index in [9.17, 15) is 4.79 Å². The van der Waals surface area contributed by atoms with Crippen molar-refractivity contribution >= 4 is 5.91 Å². The topological polar surface area (TPSA) is 50.2 Å². The minimum Gasteiger partial charge on any atom is -0.341 e. The maximum atomic E-state index is 11.3. The summed E-state index contributed by atoms with van der Waals surface area (Å²) in [5, 5.41) is 7.55. The van der Waals surface area contributed by atoms with Crippen molar-refractivity contribution in [2.75, 3.05) is 26.2 Å². The van der Waals surface area contributed by atoms with Crippen molar-refractivity contribution in [3.05, 3.63) is 18.0 Å². The van der Waals surface area contributed by atoms with E-state index >= 15 is 0 Å². The summed E-state index contributed by atoms with van der Waals surface area (Å²) in [6.45, 7) is 6.43. The monoisotopic (exact) mass is 236 g/mol. The number of likely N-dealkylation sites (tertiary alicyclic amines) is 1. The predicted molar refractivity (Wildman–Crippen MR) is 65.6 cm³/mol. The number of aryl methyl sites for hydroxylation is 1. The van der Waals surface area contributed by atoms with Gasteiger partial charge in [-0.25, -0.2) is 0 Å². The SMILES string of the molecule is Cc1cnn(CCNCCN2CCCC2=O)c1. The maximum absolute atomic E-state index is 11.3. The molecule has 0 radical (unpaired) electrons. The van der Waals surface area contributed by atoms with Crippen LogP contribution in [-0.4, -0.2) is 46.8 Å². The van der Waals surface area contributed by atoms with Crippen molar-refractivity contribution in [1.82, 2.24) is 20.0 Å². The van der Waals surface area contributed by atoms with E-state index in [1.165, 1.54) is 5.56 Å². The van der Waals surface area contributed by atoms with Gasteiger partial charge >= 0.3 is 0 Å². The molecule has 2 rings (SSSR count). The third kappa shape index (κ3) is 3.56. The highest BCUT2D eigenvalue weighted by Crippen LogP contribution is 2.07. The van der Waals surface area contributed by atoms with Crippen LogP contribution in [0.5, 0.6) is 0 Å². The van der Waals surface area contributed by atoms with Crippen LogP contribution in [0.4, 0.5) is 0 Å². The zero-order chi connectivity index (χ0) is 12.1. The third-order valence-corrected chi connectivity index (χ3v) is 3.01. The molecule has 0 aromatic carbocycles. The molecule has 0 atom stereocenters. The fourth-order valence-corrected chi connectivity index (χ4v) is 2.06. The van der Waals surface area contributed by atoms with Gasteiger partial charge in [0.05, 0.1) is 12.7 Å². The molecule has 0 unspecified atom stereocenters. The second-order valence-corrected chi connectivity index (χ2v) is 4.52. The van der Waals surface area contributed by atoms with Gasteiger partial charge in [-0.3, -0.25) is 9.48 Å². The molecular weight excluding hydrogens is 216 g/mol. The van der Waals surface area contributed by atoms with Crippen molar-refractivity contribution in [1.29, 1.82) is 0 Å². The number of nitrogens with one attached hydrogen (secondary N) is 1. The Balaban J connectivity index is 1.56. The van der Waals surface area contributed by atoms with Gasteiger partial charge in [-0.1, -0.05) is 0 Å². The third-order valence-electron chi connectivity index (χ3n) is 3.01. The summed E-state index contributed by atoms with van der Waals surface area (Å²) in [6, 6.07) is 0. The van der Waals surface area contributed by atoms with Crippen LogP contribution in [0.2, 0.25) is 0 Å². The van der Waals surface area contributed by atoms with Crippen molar-refractivity contribution < 1.29 is 4.79 Å². The summed E-state index contributed by atoms with van der Waals surface area (Å²) in [7, 11) is 0. The fourth-order valence-electron chi connectivity index (χ4n) is 2.06. The predicted octanol–water partition coefficient (Wildman–Crippen LogP) is 0.404. The van der Waals surface area contributed by atoms with Gasteiger partial charge < -0.3 is 10.2 Å². The van der Waals surface area contributed by atoms with Gasteiger partial charge in [0, 0.05) is 38.8 Å². The van der Waals surface area contributed by atoms with E-state index in [0.29, 0.717) is 5.91 Å². The molecule has 5 nitrogen and oxygen atoms in total. The molecule has 1 aliphatic rings. The molecule has 1 fully saturated rings. The number of hydrogen-bond acceptors (Lipinski definition) is 3. The number of amides is 1. The standard InChI is InChI=1S/C12H20N4O/c1-11-9-14-16(10-11)8-5-13-4-7-15-6-2-3-12(15)17/h9-10,13H,2-8H2,1H3. The summed E-state index contributed by atoms with van der Waals surface area (Å²) in [6.07, 6.45) is 5.65. The summed E-state index contributed by atoms with van der Waals surface area (Å²) in [5.74, 6) is 0.300. The summed E-state index contributed by atoms with van der Waals surface area (Å²) in [4.78, 5) is 13.3. The lowest BCUT2D eigenvalue weighted by Crippen LogP contribution is -2.34. The first kappa shape index (κ1) is 12.1. The van der Waals surface area contributed by atoms with E-state index in [2.05, 4.69) is 10.4 Å². The minimum absolute atomic E-state index is 0.300. The Labute approximate surface area is 102 Å². The minimum atomic E-state index is 0.300. The number of aromatic nitrogens is 2. The van der Waals surface area contributed by atoms with Crippen molar-refractivity contribution in [3.63, 3.8) is 0 Å². The second-order valence-electron chi connectivity index (χ2n) is 4.52. The first-order valence-corrected chi connectivity index (χ1v) is 6.23. The summed E-state index contributed by atoms with van der Waals surface area (Å²) < 4.78 is 1.93. The van der Waals surface area contributed by atoms with Crippen molar-refractivity contribution in [3.8, 4) is 0 Å². The maximum Gasteiger partial charge on any atom is 0.222 e. The van der Waals surface area contributed by atoms with Gasteiger partial charge in [0.1, 0.15) is 0 Å². The second kappa shape index (κ2) is 5.82. The average molecular weight is 236 g/mol. The molecule has 5 heteroatoms. The molecule has 0 spiro atoms. The Hall–Kier alpha value is -1.36. The molecule has 1 saturated heterocycles. The van der Waals surface area contributed by atoms with Gasteiger partial charge in [-0.05, 0) is 18.9 Å². The van der Waals surface area contributed by atoms with Gasteiger partial charge in [-0.2, -0.15) is 5.10 Å². The Kier molecular flexibility index (Phi) is 4.14. The lowest BCUT2D eigenvalue weighted by atomic mass is 10.4. The Bertz CT molecular complexity index is 374. The number of rotatable bonds is 6. The first-order valence-electron chi connectivity index (χ1n) is 6.23. The summed E-state index contributed by atoms with van der Waals surface area (Å²) >= 11 is 0. The van der Waals surface area contributed by atoms with Gasteiger partial charge in [0.25, 0.3) is 0 Å². The van der Waals surface area contributed by atoms with Crippen LogP contribution in [0.25, 0.3) is 0 Å². The highest BCUT2D eigenvalue weighted by molar-refractivity contribution is 5.78. The van der Waals surface area contributed by atoms with E-state index in [1.54, 1.807) is 0 Å².